The summed E-state index contributed by atoms with van der Waals surface area (Å²) in [6, 6.07) is 0.00589. The minimum atomic E-state index is -0.130. The van der Waals surface area contributed by atoms with Crippen LogP contribution in [0, 0.1) is 5.92 Å². The fraction of sp³-hybridized carbons (Fsp3) is 0.846. The van der Waals surface area contributed by atoms with Crippen LogP contribution in [0.15, 0.2) is 6.33 Å². The van der Waals surface area contributed by atoms with E-state index < -0.39 is 0 Å². The van der Waals surface area contributed by atoms with Gasteiger partial charge in [-0.2, -0.15) is 5.10 Å². The average Bonchev–Trinajstić information content (AvgIpc) is 2.64. The summed E-state index contributed by atoms with van der Waals surface area (Å²) in [6.07, 6.45) is 5.68. The van der Waals surface area contributed by atoms with Crippen LogP contribution in [0.3, 0.4) is 0 Å². The van der Waals surface area contributed by atoms with Gasteiger partial charge in [-0.3, -0.25) is 0 Å². The Morgan fingerprint density at radius 2 is 2.22 bits per heavy atom. The van der Waals surface area contributed by atoms with E-state index in [2.05, 4.69) is 23.9 Å². The molecule has 18 heavy (non-hydrogen) atoms. The first-order valence-corrected chi connectivity index (χ1v) is 6.75. The van der Waals surface area contributed by atoms with Gasteiger partial charge in [-0.05, 0) is 25.2 Å². The van der Waals surface area contributed by atoms with E-state index in [0.717, 1.165) is 31.6 Å². The van der Waals surface area contributed by atoms with Crippen molar-refractivity contribution < 1.29 is 4.74 Å². The molecule has 0 spiro atoms. The second-order valence-electron chi connectivity index (χ2n) is 5.69. The predicted octanol–water partition coefficient (Wildman–Crippen LogP) is 1.37. The predicted molar refractivity (Wildman–Crippen MR) is 70.1 cm³/mol. The molecule has 1 heterocycles. The van der Waals surface area contributed by atoms with Crippen molar-refractivity contribution in [1.82, 2.24) is 14.8 Å². The molecule has 1 saturated carbocycles. The highest BCUT2D eigenvalue weighted by atomic mass is 16.5. The van der Waals surface area contributed by atoms with Crippen molar-refractivity contribution in [3.63, 3.8) is 0 Å². The molecule has 1 aliphatic rings. The third-order valence-corrected chi connectivity index (χ3v) is 3.92. The smallest absolute Gasteiger partial charge is 0.138 e. The van der Waals surface area contributed by atoms with Gasteiger partial charge < -0.3 is 10.5 Å². The Bertz CT molecular complexity index is 379. The third-order valence-electron chi connectivity index (χ3n) is 3.92. The number of rotatable bonds is 6. The molecule has 0 amide bonds. The molecule has 0 saturated heterocycles. The molecule has 0 bridgehead atoms. The highest BCUT2D eigenvalue weighted by molar-refractivity contribution is 5.03. The fourth-order valence-corrected chi connectivity index (χ4v) is 2.58. The molecule has 102 valence electrons. The maximum atomic E-state index is 6.31. The summed E-state index contributed by atoms with van der Waals surface area (Å²) in [5.41, 5.74) is 6.18. The molecular weight excluding hydrogens is 228 g/mol. The van der Waals surface area contributed by atoms with Gasteiger partial charge in [0.2, 0.25) is 0 Å². The Labute approximate surface area is 109 Å². The second-order valence-corrected chi connectivity index (χ2v) is 5.69. The van der Waals surface area contributed by atoms with Gasteiger partial charge in [-0.15, -0.1) is 0 Å². The first kappa shape index (κ1) is 13.5. The summed E-state index contributed by atoms with van der Waals surface area (Å²) in [5, 5.41) is 4.27. The number of hydrogen-bond acceptors (Lipinski definition) is 4. The molecular formula is C13H24N4O. The molecule has 0 aromatic carbocycles. The van der Waals surface area contributed by atoms with Crippen LogP contribution in [-0.2, 0) is 17.7 Å². The van der Waals surface area contributed by atoms with Crippen LogP contribution >= 0.6 is 0 Å². The summed E-state index contributed by atoms with van der Waals surface area (Å²) in [7, 11) is 1.76. The summed E-state index contributed by atoms with van der Waals surface area (Å²) in [5.74, 6) is 1.53. The minimum Gasteiger partial charge on any atom is -0.377 e. The lowest BCUT2D eigenvalue weighted by Crippen LogP contribution is -2.55. The zero-order valence-electron chi connectivity index (χ0n) is 11.6. The van der Waals surface area contributed by atoms with Gasteiger partial charge in [-0.25, -0.2) is 9.67 Å². The highest BCUT2D eigenvalue weighted by Crippen LogP contribution is 2.38. The van der Waals surface area contributed by atoms with Gasteiger partial charge >= 0.3 is 0 Å². The fourth-order valence-electron chi connectivity index (χ4n) is 2.58. The van der Waals surface area contributed by atoms with Gasteiger partial charge in [0.25, 0.3) is 0 Å². The normalized spacial score (nSPS) is 19.8. The standard InChI is InChI=1S/C13H24N4O/c1-10(2)8-17-12(15-9-16-17)7-11(14)13(18-3)5-4-6-13/h9-11H,4-8,14H2,1-3H3. The van der Waals surface area contributed by atoms with Gasteiger partial charge in [0.05, 0.1) is 5.60 Å². The maximum Gasteiger partial charge on any atom is 0.138 e. The van der Waals surface area contributed by atoms with Crippen LogP contribution in [0.4, 0.5) is 0 Å². The Morgan fingerprint density at radius 1 is 1.50 bits per heavy atom. The van der Waals surface area contributed by atoms with E-state index >= 15 is 0 Å². The molecule has 5 heteroatoms. The molecule has 5 nitrogen and oxygen atoms in total. The summed E-state index contributed by atoms with van der Waals surface area (Å²) in [6.45, 7) is 5.24. The van der Waals surface area contributed by atoms with Crippen molar-refractivity contribution in [1.29, 1.82) is 0 Å². The SMILES string of the molecule is COC1(C(N)Cc2ncnn2CC(C)C)CCC1. The first-order chi connectivity index (χ1) is 8.57. The summed E-state index contributed by atoms with van der Waals surface area (Å²) < 4.78 is 7.59. The van der Waals surface area contributed by atoms with Crippen molar-refractivity contribution >= 4 is 0 Å². The molecule has 1 aromatic rings. The Balaban J connectivity index is 2.02. The topological polar surface area (TPSA) is 66.0 Å². The number of nitrogens with zero attached hydrogens (tertiary/aromatic N) is 3. The Morgan fingerprint density at radius 3 is 2.72 bits per heavy atom. The Hall–Kier alpha value is -0.940. The van der Waals surface area contributed by atoms with Crippen molar-refractivity contribution in [2.45, 2.75) is 57.7 Å². The Kier molecular flexibility index (Phi) is 4.02. The number of hydrogen-bond donors (Lipinski definition) is 1. The molecule has 2 N–H and O–H groups in total. The van der Waals surface area contributed by atoms with E-state index in [9.17, 15) is 0 Å². The van der Waals surface area contributed by atoms with E-state index in [0.29, 0.717) is 5.92 Å². The molecule has 0 aliphatic heterocycles. The molecule has 1 aliphatic carbocycles. The maximum absolute atomic E-state index is 6.31. The van der Waals surface area contributed by atoms with Crippen LogP contribution < -0.4 is 5.73 Å². The van der Waals surface area contributed by atoms with Crippen LogP contribution in [0.5, 0.6) is 0 Å². The lowest BCUT2D eigenvalue weighted by Gasteiger charge is -2.44. The quantitative estimate of drug-likeness (QED) is 0.830. The van der Waals surface area contributed by atoms with Gasteiger partial charge in [0.1, 0.15) is 12.2 Å². The molecule has 1 atom stereocenters. The van der Waals surface area contributed by atoms with Crippen molar-refractivity contribution in [3.05, 3.63) is 12.2 Å². The van der Waals surface area contributed by atoms with Crippen molar-refractivity contribution in [2.75, 3.05) is 7.11 Å². The summed E-state index contributed by atoms with van der Waals surface area (Å²) >= 11 is 0. The van der Waals surface area contributed by atoms with E-state index in [1.54, 1.807) is 13.4 Å². The molecule has 2 rings (SSSR count). The zero-order valence-corrected chi connectivity index (χ0v) is 11.6. The first-order valence-electron chi connectivity index (χ1n) is 6.75. The molecule has 1 unspecified atom stereocenters. The number of ether oxygens (including phenoxy) is 1. The van der Waals surface area contributed by atoms with Crippen LogP contribution in [-0.4, -0.2) is 33.5 Å². The molecule has 1 aromatic heterocycles. The summed E-state index contributed by atoms with van der Waals surface area (Å²) in [4.78, 5) is 4.33. The van der Waals surface area contributed by atoms with Crippen molar-refractivity contribution in [3.8, 4) is 0 Å². The average molecular weight is 252 g/mol. The van der Waals surface area contributed by atoms with E-state index in [4.69, 9.17) is 10.5 Å². The zero-order chi connectivity index (χ0) is 13.2. The molecule has 1 fully saturated rings. The number of nitrogens with two attached hydrogens (primary N) is 1. The van der Waals surface area contributed by atoms with Crippen LogP contribution in [0.25, 0.3) is 0 Å². The van der Waals surface area contributed by atoms with E-state index in [1.807, 2.05) is 4.68 Å². The van der Waals surface area contributed by atoms with E-state index in [1.165, 1.54) is 6.42 Å². The third kappa shape index (κ3) is 2.57. The minimum absolute atomic E-state index is 0.00589. The van der Waals surface area contributed by atoms with E-state index in [-0.39, 0.29) is 11.6 Å². The monoisotopic (exact) mass is 252 g/mol. The number of methoxy groups -OCH3 is 1. The highest BCUT2D eigenvalue weighted by Gasteiger charge is 2.43. The molecule has 0 radical (unpaired) electrons. The second kappa shape index (κ2) is 5.36. The van der Waals surface area contributed by atoms with Crippen LogP contribution in [0.1, 0.15) is 38.9 Å². The lowest BCUT2D eigenvalue weighted by atomic mass is 9.73. The largest absolute Gasteiger partial charge is 0.377 e. The van der Waals surface area contributed by atoms with Gasteiger partial charge in [0.15, 0.2) is 0 Å². The lowest BCUT2D eigenvalue weighted by molar-refractivity contribution is -0.0901. The van der Waals surface area contributed by atoms with Gasteiger partial charge in [0, 0.05) is 26.1 Å². The van der Waals surface area contributed by atoms with Crippen molar-refractivity contribution in [2.24, 2.45) is 11.7 Å². The van der Waals surface area contributed by atoms with Crippen LogP contribution in [0.2, 0.25) is 0 Å². The number of aromatic nitrogens is 3. The van der Waals surface area contributed by atoms with Gasteiger partial charge in [-0.1, -0.05) is 13.8 Å².